The van der Waals surface area contributed by atoms with Gasteiger partial charge in [-0.3, -0.25) is 14.5 Å². The number of halogens is 4. The van der Waals surface area contributed by atoms with Gasteiger partial charge in [0.25, 0.3) is 0 Å². The first kappa shape index (κ1) is 34.1. The van der Waals surface area contributed by atoms with Gasteiger partial charge in [0.2, 0.25) is 11.8 Å². The van der Waals surface area contributed by atoms with Gasteiger partial charge in [-0.2, -0.15) is 10.5 Å². The number of hydrogen-bond acceptors (Lipinski definition) is 7. The number of ketones is 1. The van der Waals surface area contributed by atoms with Crippen molar-refractivity contribution >= 4 is 52.2 Å². The summed E-state index contributed by atoms with van der Waals surface area (Å²) >= 11 is 23.2. The molecule has 1 heterocycles. The first-order valence-electron chi connectivity index (χ1n) is 11.1. The van der Waals surface area contributed by atoms with Crippen molar-refractivity contribution in [3.8, 4) is 23.3 Å². The highest BCUT2D eigenvalue weighted by molar-refractivity contribution is 6.35. The quantitative estimate of drug-likeness (QED) is 0.308. The Morgan fingerprint density at radius 1 is 0.923 bits per heavy atom. The summed E-state index contributed by atoms with van der Waals surface area (Å²) in [5, 5.41) is 19.0. The SMILES string of the molecule is COC(OC)N(C)C.N#CCC(=O)Cc1cc(Cl)cc(Cl)c1.N#Cc1c[nH]cc(-c2cc(Cl)cc(Cl)c2)c1=O. The molecule has 2 aromatic carbocycles. The second kappa shape index (κ2) is 17.6. The van der Waals surface area contributed by atoms with Gasteiger partial charge in [0, 0.05) is 58.7 Å². The van der Waals surface area contributed by atoms with E-state index in [1.54, 1.807) is 56.7 Å². The summed E-state index contributed by atoms with van der Waals surface area (Å²) in [6.45, 7) is 0. The van der Waals surface area contributed by atoms with Crippen LogP contribution in [0.15, 0.2) is 53.6 Å². The molecular weight excluding hydrogens is 586 g/mol. The number of nitrogens with zero attached hydrogens (tertiary/aromatic N) is 3. The lowest BCUT2D eigenvalue weighted by Gasteiger charge is -2.19. The number of benzene rings is 2. The van der Waals surface area contributed by atoms with E-state index in [1.807, 2.05) is 25.1 Å². The van der Waals surface area contributed by atoms with Gasteiger partial charge in [0.05, 0.1) is 12.5 Å². The number of rotatable bonds is 7. The van der Waals surface area contributed by atoms with Crippen LogP contribution < -0.4 is 5.43 Å². The number of carbonyl (C=O) groups is 1. The zero-order valence-electron chi connectivity index (χ0n) is 21.6. The standard InChI is InChI=1S/C12H6Cl2N2O.C10H7Cl2NO.C5H13NO2/c13-9-1-7(2-10(14)3-9)11-6-16-5-8(4-15)12(11)17;11-8-3-7(4-9(12)6-8)5-10(14)1-2-13;1-6(2)5(7-3)8-4/h1-3,5-6H,(H,16,17);3-4,6H,1,5H2;5H,1-4H3. The molecule has 0 aliphatic carbocycles. The number of ether oxygens (including phenoxy) is 2. The van der Waals surface area contributed by atoms with Crippen LogP contribution in [0.2, 0.25) is 20.1 Å². The molecule has 0 bridgehead atoms. The number of methoxy groups -OCH3 is 2. The van der Waals surface area contributed by atoms with E-state index in [2.05, 4.69) is 4.98 Å². The van der Waals surface area contributed by atoms with Crippen LogP contribution in [0.5, 0.6) is 0 Å². The van der Waals surface area contributed by atoms with E-state index in [-0.39, 0.29) is 36.0 Å². The van der Waals surface area contributed by atoms with Crippen LogP contribution in [0.1, 0.15) is 17.5 Å². The smallest absolute Gasteiger partial charge is 0.217 e. The lowest BCUT2D eigenvalue weighted by molar-refractivity contribution is -0.179. The Hall–Kier alpha value is -2.92. The van der Waals surface area contributed by atoms with Crippen LogP contribution >= 0.6 is 46.4 Å². The van der Waals surface area contributed by atoms with E-state index in [4.69, 9.17) is 66.4 Å². The van der Waals surface area contributed by atoms with E-state index in [0.717, 1.165) is 5.56 Å². The van der Waals surface area contributed by atoms with E-state index < -0.39 is 0 Å². The number of carbonyl (C=O) groups excluding carboxylic acids is 1. The Labute approximate surface area is 247 Å². The Balaban J connectivity index is 0.000000313. The van der Waals surface area contributed by atoms with Gasteiger partial charge in [0.1, 0.15) is 11.6 Å². The molecule has 1 N–H and O–H groups in total. The fraction of sp³-hybridized carbons (Fsp3) is 0.259. The highest BCUT2D eigenvalue weighted by Crippen LogP contribution is 2.25. The average molecular weight is 612 g/mol. The molecule has 0 saturated carbocycles. The lowest BCUT2D eigenvalue weighted by atomic mass is 10.1. The summed E-state index contributed by atoms with van der Waals surface area (Å²) in [4.78, 5) is 27.6. The highest BCUT2D eigenvalue weighted by Gasteiger charge is 2.09. The van der Waals surface area contributed by atoms with Crippen molar-refractivity contribution in [1.82, 2.24) is 9.88 Å². The summed E-state index contributed by atoms with van der Waals surface area (Å²) in [5.41, 5.74) is 1.40. The number of hydrogen-bond donors (Lipinski definition) is 1. The molecule has 1 aromatic heterocycles. The molecule has 0 fully saturated rings. The summed E-state index contributed by atoms with van der Waals surface area (Å²) in [6.07, 6.45) is 2.79. The number of H-pyrrole nitrogens is 1. The van der Waals surface area contributed by atoms with Crippen molar-refractivity contribution in [3.63, 3.8) is 0 Å². The lowest BCUT2D eigenvalue weighted by Crippen LogP contribution is -2.30. The van der Waals surface area contributed by atoms with Crippen molar-refractivity contribution in [1.29, 1.82) is 10.5 Å². The van der Waals surface area contributed by atoms with Crippen LogP contribution in [-0.2, 0) is 20.7 Å². The molecule has 8 nitrogen and oxygen atoms in total. The summed E-state index contributed by atoms with van der Waals surface area (Å²) in [6, 6.07) is 13.4. The van der Waals surface area contributed by atoms with Crippen LogP contribution in [0, 0.1) is 22.7 Å². The molecule has 0 aliphatic rings. The number of nitrogens with one attached hydrogen (secondary N) is 1. The minimum absolute atomic E-state index is 0.0543. The molecule has 12 heteroatoms. The van der Waals surface area contributed by atoms with Gasteiger partial charge in [-0.05, 0) is 61.6 Å². The van der Waals surface area contributed by atoms with E-state index >= 15 is 0 Å². The van der Waals surface area contributed by atoms with Gasteiger partial charge < -0.3 is 14.5 Å². The van der Waals surface area contributed by atoms with Crippen molar-refractivity contribution in [2.45, 2.75) is 19.3 Å². The Morgan fingerprint density at radius 3 is 1.85 bits per heavy atom. The minimum Gasteiger partial charge on any atom is -0.366 e. The van der Waals surface area contributed by atoms with Crippen LogP contribution in [0.4, 0.5) is 0 Å². The monoisotopic (exact) mass is 610 g/mol. The number of Topliss-reactive ketones (excluding diaryl/α,β-unsaturated/α-hetero) is 1. The third kappa shape index (κ3) is 12.2. The van der Waals surface area contributed by atoms with E-state index in [0.29, 0.717) is 31.2 Å². The summed E-state index contributed by atoms with van der Waals surface area (Å²) in [7, 11) is 6.98. The Bertz CT molecular complexity index is 1350. The molecule has 0 aliphatic heterocycles. The normalized spacial score (nSPS) is 10.1. The van der Waals surface area contributed by atoms with Crippen LogP contribution in [0.25, 0.3) is 11.1 Å². The average Bonchev–Trinajstić information content (AvgIpc) is 2.84. The zero-order valence-corrected chi connectivity index (χ0v) is 24.6. The molecular formula is C27H26Cl4N4O4. The molecule has 0 amide bonds. The molecule has 0 radical (unpaired) electrons. The molecule has 0 unspecified atom stereocenters. The maximum Gasteiger partial charge on any atom is 0.217 e. The molecule has 0 atom stereocenters. The van der Waals surface area contributed by atoms with Gasteiger partial charge in [-0.15, -0.1) is 0 Å². The second-order valence-corrected chi connectivity index (χ2v) is 9.70. The largest absolute Gasteiger partial charge is 0.366 e. The minimum atomic E-state index is -0.343. The summed E-state index contributed by atoms with van der Waals surface area (Å²) in [5.74, 6) is -0.133. The fourth-order valence-electron chi connectivity index (χ4n) is 3.10. The van der Waals surface area contributed by atoms with E-state index in [9.17, 15) is 9.59 Å². The molecule has 3 aromatic rings. The van der Waals surface area contributed by atoms with Gasteiger partial charge in [-0.1, -0.05) is 46.4 Å². The zero-order chi connectivity index (χ0) is 29.5. The van der Waals surface area contributed by atoms with E-state index in [1.165, 1.54) is 12.4 Å². The summed E-state index contributed by atoms with van der Waals surface area (Å²) < 4.78 is 9.73. The molecule has 206 valence electrons. The first-order valence-corrected chi connectivity index (χ1v) is 12.6. The molecule has 39 heavy (non-hydrogen) atoms. The van der Waals surface area contributed by atoms with Gasteiger partial charge in [0.15, 0.2) is 5.78 Å². The third-order valence-electron chi connectivity index (χ3n) is 4.66. The highest BCUT2D eigenvalue weighted by atomic mass is 35.5. The van der Waals surface area contributed by atoms with Crippen molar-refractivity contribution in [2.24, 2.45) is 0 Å². The van der Waals surface area contributed by atoms with Crippen molar-refractivity contribution in [2.75, 3.05) is 28.3 Å². The third-order valence-corrected chi connectivity index (χ3v) is 5.54. The maximum atomic E-state index is 11.9. The maximum absolute atomic E-state index is 11.9. The topological polar surface area (TPSA) is 119 Å². The molecule has 0 saturated heterocycles. The Morgan fingerprint density at radius 2 is 1.44 bits per heavy atom. The van der Waals surface area contributed by atoms with Gasteiger partial charge >= 0.3 is 0 Å². The second-order valence-electron chi connectivity index (χ2n) is 7.95. The van der Waals surface area contributed by atoms with Crippen LogP contribution in [0.3, 0.4) is 0 Å². The number of aromatic nitrogens is 1. The van der Waals surface area contributed by atoms with Gasteiger partial charge in [-0.25, -0.2) is 0 Å². The van der Waals surface area contributed by atoms with Crippen LogP contribution in [-0.4, -0.2) is 50.4 Å². The molecule has 0 spiro atoms. The fourth-order valence-corrected chi connectivity index (χ4v) is 4.20. The van der Waals surface area contributed by atoms with Crippen molar-refractivity contribution < 1.29 is 14.3 Å². The first-order chi connectivity index (χ1) is 18.4. The number of nitriles is 2. The predicted octanol–water partition coefficient (Wildman–Crippen LogP) is 6.36. The number of aromatic amines is 1. The predicted molar refractivity (Wildman–Crippen MR) is 154 cm³/mol. The Kier molecular flexibility index (Phi) is 15.4. The van der Waals surface area contributed by atoms with Crippen molar-refractivity contribution in [3.05, 3.63) is 90.2 Å². The molecule has 3 rings (SSSR count). The number of pyridine rings is 1.